The Balaban J connectivity index is 1.91. The minimum Gasteiger partial charge on any atom is -0.393 e. The van der Waals surface area contributed by atoms with Crippen LogP contribution in [0.3, 0.4) is 0 Å². The molecule has 0 spiro atoms. The number of aliphatic hydroxyl groups excluding tert-OH is 1. The average Bonchev–Trinajstić information content (AvgIpc) is 2.76. The van der Waals surface area contributed by atoms with E-state index in [2.05, 4.69) is 29.8 Å². The highest BCUT2D eigenvalue weighted by Crippen LogP contribution is 2.28. The van der Waals surface area contributed by atoms with Crippen LogP contribution in [-0.4, -0.2) is 54.3 Å². The number of aliphatic hydroxyl groups is 1. The molecule has 21 heavy (non-hydrogen) atoms. The Morgan fingerprint density at radius 3 is 2.81 bits per heavy atom. The fourth-order valence-electron chi connectivity index (χ4n) is 2.25. The molecule has 1 aromatic rings. The van der Waals surface area contributed by atoms with Crippen molar-refractivity contribution >= 4 is 22.2 Å². The summed E-state index contributed by atoms with van der Waals surface area (Å²) in [6.45, 7) is -0.142. The summed E-state index contributed by atoms with van der Waals surface area (Å²) in [5, 5.41) is 20.6. The Morgan fingerprint density at radius 2 is 2.14 bits per heavy atom. The maximum Gasteiger partial charge on any atom is 0.333 e. The fourth-order valence-corrected chi connectivity index (χ4v) is 2.62. The summed E-state index contributed by atoms with van der Waals surface area (Å²) in [5.74, 6) is 0.506. The Kier molecular flexibility index (Phi) is 4.88. The molecule has 0 amide bonds. The zero-order valence-corrected chi connectivity index (χ0v) is 12.2. The van der Waals surface area contributed by atoms with Crippen LogP contribution in [0.25, 0.3) is 0 Å². The van der Waals surface area contributed by atoms with E-state index in [0.29, 0.717) is 24.7 Å². The van der Waals surface area contributed by atoms with Crippen molar-refractivity contribution in [3.05, 3.63) is 6.33 Å². The topological polar surface area (TPSA) is 152 Å². The van der Waals surface area contributed by atoms with Crippen molar-refractivity contribution in [3.8, 4) is 0 Å². The molecule has 1 saturated carbocycles. The predicted octanol–water partition coefficient (Wildman–Crippen LogP) is -1.32. The first-order chi connectivity index (χ1) is 9.87. The Morgan fingerprint density at radius 1 is 1.43 bits per heavy atom. The molecule has 0 bridgehead atoms. The van der Waals surface area contributed by atoms with Gasteiger partial charge in [-0.05, 0) is 12.8 Å². The van der Waals surface area contributed by atoms with E-state index >= 15 is 0 Å². The molecule has 5 N–H and O–H groups in total. The molecule has 0 aromatic carbocycles. The summed E-state index contributed by atoms with van der Waals surface area (Å²) in [6, 6.07) is -0.0822. The molecule has 1 aliphatic rings. The third kappa shape index (κ3) is 4.74. The maximum absolute atomic E-state index is 10.8. The highest BCUT2D eigenvalue weighted by atomic mass is 32.2. The molecule has 1 heterocycles. The molecule has 2 rings (SSSR count). The van der Waals surface area contributed by atoms with Crippen molar-refractivity contribution in [1.82, 2.24) is 15.0 Å². The number of nitrogens with two attached hydrogens (primary N) is 1. The van der Waals surface area contributed by atoms with Gasteiger partial charge in [0.15, 0.2) is 0 Å². The van der Waals surface area contributed by atoms with Crippen LogP contribution in [0, 0.1) is 5.92 Å². The second-order valence-corrected chi connectivity index (χ2v) is 6.02. The largest absolute Gasteiger partial charge is 0.393 e. The minimum absolute atomic E-state index is 0.0822. The van der Waals surface area contributed by atoms with Crippen molar-refractivity contribution in [2.75, 3.05) is 24.3 Å². The fraction of sp³-hybridized carbons (Fsp3) is 0.700. The molecular formula is C10H18N6O4S. The van der Waals surface area contributed by atoms with Crippen LogP contribution in [-0.2, 0) is 14.5 Å². The van der Waals surface area contributed by atoms with E-state index in [4.69, 9.17) is 5.14 Å². The molecule has 0 saturated heterocycles. The van der Waals surface area contributed by atoms with Crippen LogP contribution in [0.5, 0.6) is 0 Å². The minimum atomic E-state index is -3.99. The second kappa shape index (κ2) is 6.47. The zero-order chi connectivity index (χ0) is 15.5. The van der Waals surface area contributed by atoms with Gasteiger partial charge in [-0.25, -0.2) is 15.1 Å². The standard InChI is InChI=1S/C10H18N6O4S/c1-12-9-13-5-14-10(16-9)15-7-2-6(8(17)3-7)4-20-21(11,18)19/h5-8,17H,2-4H2,1H3,(H2,11,18,19)(H2,12,13,14,15,16)/t6-,7+,8-/m0/s1. The van der Waals surface area contributed by atoms with E-state index in [1.165, 1.54) is 6.33 Å². The summed E-state index contributed by atoms with van der Waals surface area (Å²) >= 11 is 0. The van der Waals surface area contributed by atoms with E-state index < -0.39 is 16.4 Å². The zero-order valence-electron chi connectivity index (χ0n) is 11.4. The molecule has 0 radical (unpaired) electrons. The summed E-state index contributed by atoms with van der Waals surface area (Å²) in [7, 11) is -2.30. The van der Waals surface area contributed by atoms with Crippen LogP contribution >= 0.6 is 0 Å². The second-order valence-electron chi connectivity index (χ2n) is 4.80. The quantitative estimate of drug-likeness (QED) is 0.500. The molecule has 11 heteroatoms. The number of aromatic nitrogens is 3. The van der Waals surface area contributed by atoms with E-state index in [9.17, 15) is 13.5 Å². The van der Waals surface area contributed by atoms with Crippen molar-refractivity contribution < 1.29 is 17.7 Å². The monoisotopic (exact) mass is 318 g/mol. The van der Waals surface area contributed by atoms with Gasteiger partial charge in [-0.15, -0.1) is 0 Å². The van der Waals surface area contributed by atoms with Gasteiger partial charge in [-0.3, -0.25) is 4.18 Å². The molecule has 10 nitrogen and oxygen atoms in total. The van der Waals surface area contributed by atoms with Gasteiger partial charge >= 0.3 is 10.3 Å². The van der Waals surface area contributed by atoms with Gasteiger partial charge in [0, 0.05) is 19.0 Å². The lowest BCUT2D eigenvalue weighted by Gasteiger charge is -2.13. The highest BCUT2D eigenvalue weighted by molar-refractivity contribution is 7.84. The number of nitrogens with one attached hydrogen (secondary N) is 2. The van der Waals surface area contributed by atoms with Gasteiger partial charge in [0.2, 0.25) is 11.9 Å². The van der Waals surface area contributed by atoms with E-state index in [-0.39, 0.29) is 18.6 Å². The summed E-state index contributed by atoms with van der Waals surface area (Å²) in [4.78, 5) is 12.0. The molecule has 3 atom stereocenters. The normalized spacial score (nSPS) is 25.8. The van der Waals surface area contributed by atoms with Crippen LogP contribution < -0.4 is 15.8 Å². The summed E-state index contributed by atoms with van der Waals surface area (Å²) in [6.07, 6.45) is 1.67. The molecule has 0 aliphatic heterocycles. The van der Waals surface area contributed by atoms with Gasteiger partial charge in [-0.2, -0.15) is 13.4 Å². The third-order valence-corrected chi connectivity index (χ3v) is 3.70. The predicted molar refractivity (Wildman–Crippen MR) is 74.6 cm³/mol. The van der Waals surface area contributed by atoms with Crippen molar-refractivity contribution in [3.63, 3.8) is 0 Å². The number of anilines is 2. The molecule has 118 valence electrons. The van der Waals surface area contributed by atoms with E-state index in [1.807, 2.05) is 0 Å². The first kappa shape index (κ1) is 15.8. The number of nitrogens with zero attached hydrogens (tertiary/aromatic N) is 3. The lowest BCUT2D eigenvalue weighted by atomic mass is 10.1. The SMILES string of the molecule is CNc1ncnc(N[C@@H]2C[C@@H](COS(N)(=O)=O)[C@@H](O)C2)n1. The van der Waals surface area contributed by atoms with Gasteiger partial charge in [0.25, 0.3) is 0 Å². The van der Waals surface area contributed by atoms with Gasteiger partial charge in [-0.1, -0.05) is 0 Å². The van der Waals surface area contributed by atoms with Crippen molar-refractivity contribution in [2.45, 2.75) is 25.0 Å². The highest BCUT2D eigenvalue weighted by Gasteiger charge is 2.34. The van der Waals surface area contributed by atoms with Crippen LogP contribution in [0.4, 0.5) is 11.9 Å². The van der Waals surface area contributed by atoms with Crippen LogP contribution in [0.15, 0.2) is 6.33 Å². The van der Waals surface area contributed by atoms with Gasteiger partial charge < -0.3 is 15.7 Å². The lowest BCUT2D eigenvalue weighted by molar-refractivity contribution is 0.101. The van der Waals surface area contributed by atoms with Gasteiger partial charge in [0.05, 0.1) is 12.7 Å². The molecule has 0 unspecified atom stereocenters. The van der Waals surface area contributed by atoms with Crippen molar-refractivity contribution in [2.24, 2.45) is 11.1 Å². The number of hydrogen-bond donors (Lipinski definition) is 4. The first-order valence-corrected chi connectivity index (χ1v) is 7.83. The third-order valence-electron chi connectivity index (χ3n) is 3.23. The molecule has 1 fully saturated rings. The number of rotatable bonds is 6. The molecule has 1 aromatic heterocycles. The van der Waals surface area contributed by atoms with Crippen molar-refractivity contribution in [1.29, 1.82) is 0 Å². The van der Waals surface area contributed by atoms with E-state index in [1.54, 1.807) is 7.05 Å². The molecular weight excluding hydrogens is 300 g/mol. The Bertz CT molecular complexity index is 583. The molecule has 1 aliphatic carbocycles. The summed E-state index contributed by atoms with van der Waals surface area (Å²) < 4.78 is 26.1. The van der Waals surface area contributed by atoms with Gasteiger partial charge in [0.1, 0.15) is 6.33 Å². The number of hydrogen-bond acceptors (Lipinski definition) is 9. The maximum atomic E-state index is 10.8. The van der Waals surface area contributed by atoms with E-state index in [0.717, 1.165) is 0 Å². The Labute approximate surface area is 122 Å². The summed E-state index contributed by atoms with van der Waals surface area (Å²) in [5.41, 5.74) is 0. The smallest absolute Gasteiger partial charge is 0.333 e. The van der Waals surface area contributed by atoms with Crippen LogP contribution in [0.1, 0.15) is 12.8 Å². The Hall–Kier alpha value is -1.56. The lowest BCUT2D eigenvalue weighted by Crippen LogP contribution is -2.24. The average molecular weight is 318 g/mol. The van der Waals surface area contributed by atoms with Crippen LogP contribution in [0.2, 0.25) is 0 Å². The first-order valence-electron chi connectivity index (χ1n) is 6.36.